The molecule has 0 fully saturated rings. The Morgan fingerprint density at radius 1 is 0.435 bits per heavy atom. The van der Waals surface area contributed by atoms with Gasteiger partial charge in [0, 0.05) is 24.3 Å². The van der Waals surface area contributed by atoms with E-state index in [0.717, 1.165) is 0 Å². The molecule has 2 heterocycles. The largest absolute Gasteiger partial charge is 0.453 e. The number of fused-ring (bicyclic) bond motifs is 4. The number of non-ortho nitro benzene ring substituents is 2. The summed E-state index contributed by atoms with van der Waals surface area (Å²) in [5, 5.41) is 24.6. The Kier molecular flexibility index (Phi) is 6.14. The van der Waals surface area contributed by atoms with Gasteiger partial charge in [-0.2, -0.15) is 0 Å². The lowest BCUT2D eigenvalue weighted by Gasteiger charge is -2.33. The molecule has 0 atom stereocenters. The lowest BCUT2D eigenvalue weighted by molar-refractivity contribution is -0.385. The number of benzene rings is 6. The van der Waals surface area contributed by atoms with Crippen molar-refractivity contribution in [1.82, 2.24) is 0 Å². The second-order valence-corrected chi connectivity index (χ2v) is 10.7. The lowest BCUT2D eigenvalue weighted by atomic mass is 10.0. The Hall–Kier alpha value is -6.68. The van der Waals surface area contributed by atoms with E-state index in [1.165, 1.54) is 24.3 Å². The molecular weight excluding hydrogens is 584 g/mol. The molecule has 0 amide bonds. The van der Waals surface area contributed by atoms with Crippen molar-refractivity contribution in [3.05, 3.63) is 154 Å². The predicted octanol–water partition coefficient (Wildman–Crippen LogP) is 10.3. The van der Waals surface area contributed by atoms with E-state index in [-0.39, 0.29) is 11.4 Å². The molecule has 0 bridgehead atoms. The number of nitro benzene ring substituents is 2. The topological polar surface area (TPSA) is 111 Å². The number of para-hydroxylation sites is 8. The fourth-order valence-corrected chi connectivity index (χ4v) is 5.96. The SMILES string of the molecule is O=[N+]([O-])c1cc(-c2cc(N3c4ccccc4Oc4ccccc43)cc([N+](=O)[O-])c2)cc(N2c3ccccc3Oc3ccccc32)c1. The highest BCUT2D eigenvalue weighted by atomic mass is 16.6. The molecule has 0 radical (unpaired) electrons. The van der Waals surface area contributed by atoms with Crippen molar-refractivity contribution in [1.29, 1.82) is 0 Å². The smallest absolute Gasteiger partial charge is 0.272 e. The van der Waals surface area contributed by atoms with E-state index in [4.69, 9.17) is 9.47 Å². The fourth-order valence-electron chi connectivity index (χ4n) is 5.96. The van der Waals surface area contributed by atoms with E-state index in [1.807, 2.05) is 107 Å². The van der Waals surface area contributed by atoms with Crippen LogP contribution in [0.5, 0.6) is 23.0 Å². The summed E-state index contributed by atoms with van der Waals surface area (Å²) >= 11 is 0. The molecule has 0 aliphatic carbocycles. The summed E-state index contributed by atoms with van der Waals surface area (Å²) in [6, 6.07) is 39.2. The van der Waals surface area contributed by atoms with Crippen molar-refractivity contribution in [3.8, 4) is 34.1 Å². The van der Waals surface area contributed by atoms with Crippen molar-refractivity contribution in [2.45, 2.75) is 0 Å². The van der Waals surface area contributed by atoms with Crippen molar-refractivity contribution >= 4 is 45.5 Å². The molecular formula is C36H22N4O6. The number of nitrogens with zero attached hydrogens (tertiary/aromatic N) is 4. The first-order chi connectivity index (χ1) is 22.4. The van der Waals surface area contributed by atoms with Gasteiger partial charge in [0.1, 0.15) is 0 Å². The zero-order chi connectivity index (χ0) is 31.4. The number of hydrogen-bond acceptors (Lipinski definition) is 8. The molecule has 8 rings (SSSR count). The van der Waals surface area contributed by atoms with Gasteiger partial charge < -0.3 is 19.3 Å². The van der Waals surface area contributed by atoms with E-state index in [9.17, 15) is 20.2 Å². The van der Waals surface area contributed by atoms with Gasteiger partial charge in [-0.3, -0.25) is 20.2 Å². The van der Waals surface area contributed by atoms with Crippen LogP contribution in [0.1, 0.15) is 0 Å². The normalized spacial score (nSPS) is 12.5. The number of nitro groups is 2. The van der Waals surface area contributed by atoms with Crippen LogP contribution in [0.4, 0.5) is 45.5 Å². The minimum Gasteiger partial charge on any atom is -0.453 e. The summed E-state index contributed by atoms with van der Waals surface area (Å²) in [4.78, 5) is 27.5. The van der Waals surface area contributed by atoms with E-state index in [0.29, 0.717) is 68.2 Å². The van der Waals surface area contributed by atoms with E-state index in [2.05, 4.69) is 0 Å². The summed E-state index contributed by atoms with van der Waals surface area (Å²) in [5.41, 5.74) is 4.36. The Balaban J connectivity index is 1.34. The van der Waals surface area contributed by atoms with E-state index in [1.54, 1.807) is 12.1 Å². The highest BCUT2D eigenvalue weighted by Crippen LogP contribution is 2.53. The molecule has 0 N–H and O–H groups in total. The Labute approximate surface area is 262 Å². The van der Waals surface area contributed by atoms with Gasteiger partial charge in [0.25, 0.3) is 11.4 Å². The van der Waals surface area contributed by atoms with Crippen molar-refractivity contribution in [2.75, 3.05) is 9.80 Å². The molecule has 0 aromatic heterocycles. The van der Waals surface area contributed by atoms with Crippen LogP contribution in [-0.2, 0) is 0 Å². The molecule has 46 heavy (non-hydrogen) atoms. The lowest BCUT2D eigenvalue weighted by Crippen LogP contribution is -2.16. The quantitative estimate of drug-likeness (QED) is 0.141. The zero-order valence-electron chi connectivity index (χ0n) is 23.9. The third-order valence-electron chi connectivity index (χ3n) is 7.94. The molecule has 6 aromatic rings. The van der Waals surface area contributed by atoms with Crippen molar-refractivity contribution in [3.63, 3.8) is 0 Å². The second kappa shape index (κ2) is 10.5. The minimum atomic E-state index is -0.460. The van der Waals surface area contributed by atoms with Gasteiger partial charge in [-0.05, 0) is 71.8 Å². The van der Waals surface area contributed by atoms with Crippen LogP contribution in [0.25, 0.3) is 11.1 Å². The third kappa shape index (κ3) is 4.44. The number of anilines is 6. The monoisotopic (exact) mass is 606 g/mol. The second-order valence-electron chi connectivity index (χ2n) is 10.7. The van der Waals surface area contributed by atoms with Crippen LogP contribution in [-0.4, -0.2) is 9.85 Å². The van der Waals surface area contributed by atoms with Crippen LogP contribution in [0.3, 0.4) is 0 Å². The van der Waals surface area contributed by atoms with Crippen LogP contribution in [0, 0.1) is 20.2 Å². The van der Waals surface area contributed by atoms with Crippen LogP contribution in [0.15, 0.2) is 133 Å². The molecule has 10 nitrogen and oxygen atoms in total. The third-order valence-corrected chi connectivity index (χ3v) is 7.94. The predicted molar refractivity (Wildman–Crippen MR) is 175 cm³/mol. The van der Waals surface area contributed by atoms with E-state index >= 15 is 0 Å². The van der Waals surface area contributed by atoms with E-state index < -0.39 is 9.85 Å². The minimum absolute atomic E-state index is 0.163. The van der Waals surface area contributed by atoms with Gasteiger partial charge in [-0.15, -0.1) is 0 Å². The molecule has 0 unspecified atom stereocenters. The zero-order valence-corrected chi connectivity index (χ0v) is 23.9. The highest BCUT2D eigenvalue weighted by Gasteiger charge is 2.29. The number of ether oxygens (including phenoxy) is 2. The first kappa shape index (κ1) is 26.9. The molecule has 0 saturated heterocycles. The summed E-state index contributed by atoms with van der Waals surface area (Å²) in [5.74, 6) is 2.38. The molecule has 6 aromatic carbocycles. The molecule has 2 aliphatic heterocycles. The van der Waals surface area contributed by atoms with Gasteiger partial charge in [0.05, 0.1) is 44.0 Å². The molecule has 10 heteroatoms. The maximum absolute atomic E-state index is 12.3. The Morgan fingerprint density at radius 2 is 0.739 bits per heavy atom. The van der Waals surface area contributed by atoms with Crippen LogP contribution >= 0.6 is 0 Å². The molecule has 0 spiro atoms. The number of rotatable bonds is 5. The van der Waals surface area contributed by atoms with Gasteiger partial charge >= 0.3 is 0 Å². The summed E-state index contributed by atoms with van der Waals surface area (Å²) in [6.45, 7) is 0. The summed E-state index contributed by atoms with van der Waals surface area (Å²) in [7, 11) is 0. The fraction of sp³-hybridized carbons (Fsp3) is 0. The Morgan fingerprint density at radius 3 is 1.04 bits per heavy atom. The first-order valence-electron chi connectivity index (χ1n) is 14.4. The average molecular weight is 607 g/mol. The van der Waals surface area contributed by atoms with Gasteiger partial charge in [-0.1, -0.05) is 48.5 Å². The summed E-state index contributed by atoms with van der Waals surface area (Å²) in [6.07, 6.45) is 0. The maximum atomic E-state index is 12.3. The van der Waals surface area contributed by atoms with Gasteiger partial charge in [-0.25, -0.2) is 0 Å². The number of hydrogen-bond donors (Lipinski definition) is 0. The Bertz CT molecular complexity index is 1970. The molecule has 0 saturated carbocycles. The molecule has 222 valence electrons. The van der Waals surface area contributed by atoms with Gasteiger partial charge in [0.2, 0.25) is 0 Å². The molecule has 2 aliphatic rings. The first-order valence-corrected chi connectivity index (χ1v) is 14.4. The van der Waals surface area contributed by atoms with Crippen LogP contribution < -0.4 is 19.3 Å². The standard InChI is InChI=1S/C36H22N4O6/c41-39(42)27-19-23(17-25(21-27)37-29-9-1-5-13-33(29)45-34-14-6-2-10-30(34)37)24-18-26(22-28(20-24)40(43)44)38-31-11-3-7-15-35(31)46-36-16-8-4-12-32(36)38/h1-22H. The van der Waals surface area contributed by atoms with Crippen molar-refractivity contribution in [2.24, 2.45) is 0 Å². The summed E-state index contributed by atoms with van der Waals surface area (Å²) < 4.78 is 12.3. The van der Waals surface area contributed by atoms with Crippen molar-refractivity contribution < 1.29 is 19.3 Å². The van der Waals surface area contributed by atoms with Crippen LogP contribution in [0.2, 0.25) is 0 Å². The highest BCUT2D eigenvalue weighted by molar-refractivity contribution is 5.91. The van der Waals surface area contributed by atoms with Gasteiger partial charge in [0.15, 0.2) is 23.0 Å². The average Bonchev–Trinajstić information content (AvgIpc) is 3.09. The maximum Gasteiger partial charge on any atom is 0.272 e.